The molecule has 0 aliphatic rings. The summed E-state index contributed by atoms with van der Waals surface area (Å²) in [5.74, 6) is -0.954. The van der Waals surface area contributed by atoms with Crippen molar-refractivity contribution in [2.75, 3.05) is 18.2 Å². The third-order valence-corrected chi connectivity index (χ3v) is 3.84. The molecule has 0 atom stereocenters. The van der Waals surface area contributed by atoms with Gasteiger partial charge in [0, 0.05) is 5.02 Å². The van der Waals surface area contributed by atoms with Crippen molar-refractivity contribution in [3.63, 3.8) is 0 Å². The van der Waals surface area contributed by atoms with Gasteiger partial charge in [0.15, 0.2) is 5.16 Å². The van der Waals surface area contributed by atoms with Crippen molar-refractivity contribution in [1.29, 1.82) is 0 Å². The fourth-order valence-corrected chi connectivity index (χ4v) is 2.72. The standard InChI is InChI=1S/C12H10Cl2N4O3S/c1-21-11(20)10-7(14)2-6(13)3-8(10)17-9(19)4-22-12-15-5-16-18-12/h2-3,5H,4H2,1H3,(H,17,19)(H,15,16,18). The van der Waals surface area contributed by atoms with Crippen LogP contribution in [0.3, 0.4) is 0 Å². The number of nitrogens with zero attached hydrogens (tertiary/aromatic N) is 2. The maximum absolute atomic E-state index is 12.0. The molecule has 1 aromatic heterocycles. The summed E-state index contributed by atoms with van der Waals surface area (Å²) in [6.07, 6.45) is 1.34. The van der Waals surface area contributed by atoms with Crippen LogP contribution in [0.1, 0.15) is 10.4 Å². The van der Waals surface area contributed by atoms with Gasteiger partial charge in [-0.3, -0.25) is 9.89 Å². The summed E-state index contributed by atoms with van der Waals surface area (Å²) in [5, 5.41) is 9.76. The lowest BCUT2D eigenvalue weighted by atomic mass is 10.1. The zero-order chi connectivity index (χ0) is 16.1. The van der Waals surface area contributed by atoms with Crippen LogP contribution < -0.4 is 5.32 Å². The van der Waals surface area contributed by atoms with Crippen LogP contribution in [0.15, 0.2) is 23.6 Å². The van der Waals surface area contributed by atoms with Crippen LogP contribution in [0, 0.1) is 0 Å². The number of methoxy groups -OCH3 is 1. The lowest BCUT2D eigenvalue weighted by molar-refractivity contribution is -0.113. The molecule has 0 fully saturated rings. The summed E-state index contributed by atoms with van der Waals surface area (Å²) in [6, 6.07) is 2.82. The molecule has 0 aliphatic carbocycles. The monoisotopic (exact) mass is 360 g/mol. The molecule has 2 aromatic rings. The number of hydrogen-bond acceptors (Lipinski definition) is 6. The third-order valence-electron chi connectivity index (χ3n) is 2.45. The summed E-state index contributed by atoms with van der Waals surface area (Å²) < 4.78 is 4.65. The number of benzene rings is 1. The molecule has 1 amide bonds. The first-order chi connectivity index (χ1) is 10.5. The maximum atomic E-state index is 12.0. The van der Waals surface area contributed by atoms with Crippen molar-refractivity contribution < 1.29 is 14.3 Å². The number of carbonyl (C=O) groups is 2. The summed E-state index contributed by atoms with van der Waals surface area (Å²) in [4.78, 5) is 27.6. The van der Waals surface area contributed by atoms with E-state index in [1.165, 1.54) is 25.6 Å². The first-order valence-corrected chi connectivity index (χ1v) is 7.60. The smallest absolute Gasteiger partial charge is 0.341 e. The SMILES string of the molecule is COC(=O)c1c(Cl)cc(Cl)cc1NC(=O)CSc1ncn[nH]1. The highest BCUT2D eigenvalue weighted by Crippen LogP contribution is 2.30. The van der Waals surface area contributed by atoms with Crippen LogP contribution in [0.2, 0.25) is 10.0 Å². The van der Waals surface area contributed by atoms with E-state index < -0.39 is 5.97 Å². The second-order valence-electron chi connectivity index (χ2n) is 3.93. The fraction of sp³-hybridized carbons (Fsp3) is 0.167. The Hall–Kier alpha value is -1.77. The quantitative estimate of drug-likeness (QED) is 0.628. The first kappa shape index (κ1) is 16.6. The van der Waals surface area contributed by atoms with Gasteiger partial charge in [0.05, 0.1) is 23.6 Å². The topological polar surface area (TPSA) is 97.0 Å². The average molecular weight is 361 g/mol. The first-order valence-electron chi connectivity index (χ1n) is 5.86. The van der Waals surface area contributed by atoms with Crippen molar-refractivity contribution in [3.8, 4) is 0 Å². The summed E-state index contributed by atoms with van der Waals surface area (Å²) in [6.45, 7) is 0. The molecule has 1 heterocycles. The molecule has 0 saturated carbocycles. The number of hydrogen-bond donors (Lipinski definition) is 2. The van der Waals surface area contributed by atoms with Crippen LogP contribution >= 0.6 is 35.0 Å². The molecular formula is C12H10Cl2N4O3S. The zero-order valence-electron chi connectivity index (χ0n) is 11.2. The van der Waals surface area contributed by atoms with E-state index in [1.54, 1.807) is 0 Å². The molecule has 0 aliphatic heterocycles. The Balaban J connectivity index is 2.14. The number of aromatic amines is 1. The second kappa shape index (κ2) is 7.48. The Morgan fingerprint density at radius 1 is 1.41 bits per heavy atom. The molecule has 22 heavy (non-hydrogen) atoms. The lowest BCUT2D eigenvalue weighted by Gasteiger charge is -2.11. The van der Waals surface area contributed by atoms with Gasteiger partial charge in [-0.05, 0) is 12.1 Å². The lowest BCUT2D eigenvalue weighted by Crippen LogP contribution is -2.17. The molecule has 7 nitrogen and oxygen atoms in total. The molecule has 2 N–H and O–H groups in total. The number of anilines is 1. The Kier molecular flexibility index (Phi) is 5.64. The number of H-pyrrole nitrogens is 1. The minimum Gasteiger partial charge on any atom is -0.465 e. The van der Waals surface area contributed by atoms with Gasteiger partial charge < -0.3 is 10.1 Å². The Morgan fingerprint density at radius 3 is 2.82 bits per heavy atom. The van der Waals surface area contributed by atoms with Gasteiger partial charge in [0.2, 0.25) is 5.91 Å². The number of rotatable bonds is 5. The highest BCUT2D eigenvalue weighted by atomic mass is 35.5. The van der Waals surface area contributed by atoms with E-state index in [-0.39, 0.29) is 33.0 Å². The van der Waals surface area contributed by atoms with Crippen molar-refractivity contribution in [1.82, 2.24) is 15.2 Å². The Morgan fingerprint density at radius 2 is 2.18 bits per heavy atom. The van der Waals surface area contributed by atoms with Crippen LogP contribution in [0.4, 0.5) is 5.69 Å². The molecule has 0 saturated heterocycles. The van der Waals surface area contributed by atoms with Crippen LogP contribution in [-0.4, -0.2) is 39.9 Å². The van der Waals surface area contributed by atoms with E-state index in [9.17, 15) is 9.59 Å². The van der Waals surface area contributed by atoms with Crippen molar-refractivity contribution in [2.45, 2.75) is 5.16 Å². The number of thioether (sulfide) groups is 1. The summed E-state index contributed by atoms with van der Waals surface area (Å²) >= 11 is 13.0. The molecule has 2 rings (SSSR count). The predicted molar refractivity (Wildman–Crippen MR) is 83.5 cm³/mol. The van der Waals surface area contributed by atoms with Gasteiger partial charge in [0.1, 0.15) is 11.9 Å². The van der Waals surface area contributed by atoms with Crippen LogP contribution in [0.5, 0.6) is 0 Å². The highest BCUT2D eigenvalue weighted by Gasteiger charge is 2.19. The number of halogens is 2. The van der Waals surface area contributed by atoms with Gasteiger partial charge in [-0.25, -0.2) is 9.78 Å². The largest absolute Gasteiger partial charge is 0.465 e. The third kappa shape index (κ3) is 4.12. The zero-order valence-corrected chi connectivity index (χ0v) is 13.6. The van der Waals surface area contributed by atoms with Gasteiger partial charge in [-0.15, -0.1) is 0 Å². The predicted octanol–water partition coefficient (Wildman–Crippen LogP) is 2.63. The van der Waals surface area contributed by atoms with Gasteiger partial charge in [0.25, 0.3) is 0 Å². The number of ether oxygens (including phenoxy) is 1. The number of nitrogens with one attached hydrogen (secondary N) is 2. The van der Waals surface area contributed by atoms with E-state index in [0.29, 0.717) is 5.16 Å². The molecule has 0 radical (unpaired) electrons. The van der Waals surface area contributed by atoms with Gasteiger partial charge in [-0.1, -0.05) is 35.0 Å². The van der Waals surface area contributed by atoms with Crippen molar-refractivity contribution in [2.24, 2.45) is 0 Å². The van der Waals surface area contributed by atoms with Crippen molar-refractivity contribution >= 4 is 52.5 Å². The van der Waals surface area contributed by atoms with Crippen LogP contribution in [-0.2, 0) is 9.53 Å². The Labute approximate surface area is 139 Å². The molecule has 10 heteroatoms. The van der Waals surface area contributed by atoms with Gasteiger partial charge >= 0.3 is 5.97 Å². The number of amides is 1. The number of esters is 1. The second-order valence-corrected chi connectivity index (χ2v) is 5.74. The maximum Gasteiger partial charge on any atom is 0.341 e. The van der Waals surface area contributed by atoms with E-state index in [2.05, 4.69) is 25.2 Å². The number of aromatic nitrogens is 3. The van der Waals surface area contributed by atoms with Gasteiger partial charge in [-0.2, -0.15) is 5.10 Å². The fourth-order valence-electron chi connectivity index (χ4n) is 1.57. The molecule has 0 bridgehead atoms. The normalized spacial score (nSPS) is 10.3. The van der Waals surface area contributed by atoms with E-state index in [4.69, 9.17) is 23.2 Å². The minimum atomic E-state index is -0.667. The minimum absolute atomic E-state index is 0.0478. The molecule has 0 unspecified atom stereocenters. The van der Waals surface area contributed by atoms with E-state index >= 15 is 0 Å². The number of carbonyl (C=O) groups excluding carboxylic acids is 2. The van der Waals surface area contributed by atoms with Crippen LogP contribution in [0.25, 0.3) is 0 Å². The molecule has 116 valence electrons. The summed E-state index contributed by atoms with van der Waals surface area (Å²) in [7, 11) is 1.22. The van der Waals surface area contributed by atoms with E-state index in [1.807, 2.05) is 0 Å². The Bertz CT molecular complexity index is 694. The molecule has 0 spiro atoms. The van der Waals surface area contributed by atoms with Crippen molar-refractivity contribution in [3.05, 3.63) is 34.1 Å². The molecule has 1 aromatic carbocycles. The summed E-state index contributed by atoms with van der Waals surface area (Å²) in [5.41, 5.74) is 0.235. The van der Waals surface area contributed by atoms with E-state index in [0.717, 1.165) is 11.8 Å². The average Bonchev–Trinajstić information content (AvgIpc) is 2.97. The molecular weight excluding hydrogens is 351 g/mol. The highest BCUT2D eigenvalue weighted by molar-refractivity contribution is 7.99.